The van der Waals surface area contributed by atoms with Crippen LogP contribution in [0, 0.1) is 0 Å². The average Bonchev–Trinajstić information content (AvgIpc) is 2.27. The fraction of sp³-hybridized carbons (Fsp3) is 0.846. The summed E-state index contributed by atoms with van der Waals surface area (Å²) in [6.45, 7) is 9.86. The molecule has 0 aromatic carbocycles. The zero-order valence-electron chi connectivity index (χ0n) is 12.3. The number of amides is 2. The molecule has 6 nitrogen and oxygen atoms in total. The molecule has 1 heterocycles. The summed E-state index contributed by atoms with van der Waals surface area (Å²) >= 11 is 0. The molecule has 0 spiro atoms. The van der Waals surface area contributed by atoms with E-state index in [1.54, 1.807) is 4.90 Å². The third-order valence-electron chi connectivity index (χ3n) is 2.71. The Morgan fingerprint density at radius 2 is 2.11 bits per heavy atom. The zero-order valence-corrected chi connectivity index (χ0v) is 12.3. The van der Waals surface area contributed by atoms with Gasteiger partial charge < -0.3 is 20.3 Å². The number of rotatable bonds is 3. The van der Waals surface area contributed by atoms with Gasteiger partial charge in [-0.3, -0.25) is 4.79 Å². The number of hydrogen-bond donors (Lipinski definition) is 2. The topological polar surface area (TPSA) is 70.7 Å². The molecule has 2 amide bonds. The summed E-state index contributed by atoms with van der Waals surface area (Å²) in [5.41, 5.74) is -0.489. The lowest BCUT2D eigenvalue weighted by Crippen LogP contribution is -2.54. The van der Waals surface area contributed by atoms with Crippen molar-refractivity contribution in [2.24, 2.45) is 0 Å². The van der Waals surface area contributed by atoms with Gasteiger partial charge in [-0.15, -0.1) is 0 Å². The van der Waals surface area contributed by atoms with E-state index >= 15 is 0 Å². The lowest BCUT2D eigenvalue weighted by Gasteiger charge is -2.34. The van der Waals surface area contributed by atoms with Crippen LogP contribution in [-0.2, 0) is 9.53 Å². The third kappa shape index (κ3) is 5.92. The molecule has 0 saturated carbocycles. The van der Waals surface area contributed by atoms with Gasteiger partial charge in [-0.2, -0.15) is 0 Å². The Hall–Kier alpha value is -1.30. The summed E-state index contributed by atoms with van der Waals surface area (Å²) in [5, 5.41) is 6.01. The second-order valence-electron chi connectivity index (χ2n) is 5.74. The third-order valence-corrected chi connectivity index (χ3v) is 2.71. The van der Waals surface area contributed by atoms with E-state index in [4.69, 9.17) is 4.74 Å². The van der Waals surface area contributed by atoms with Gasteiger partial charge in [0.15, 0.2) is 0 Å². The maximum absolute atomic E-state index is 11.9. The van der Waals surface area contributed by atoms with Crippen LogP contribution in [0.15, 0.2) is 0 Å². The fourth-order valence-electron chi connectivity index (χ4n) is 1.95. The first-order valence-corrected chi connectivity index (χ1v) is 6.80. The van der Waals surface area contributed by atoms with Crippen molar-refractivity contribution >= 4 is 12.0 Å². The van der Waals surface area contributed by atoms with E-state index in [-0.39, 0.29) is 18.0 Å². The molecule has 0 radical (unpaired) electrons. The summed E-state index contributed by atoms with van der Waals surface area (Å²) in [6.07, 6.45) is 0.0718. The Kier molecular flexibility index (Phi) is 5.60. The number of carbonyl (C=O) groups excluding carboxylic acids is 2. The molecular weight excluding hydrogens is 246 g/mol. The van der Waals surface area contributed by atoms with Gasteiger partial charge in [0.1, 0.15) is 5.60 Å². The van der Waals surface area contributed by atoms with Gasteiger partial charge in [-0.25, -0.2) is 4.79 Å². The smallest absolute Gasteiger partial charge is 0.410 e. The van der Waals surface area contributed by atoms with Crippen molar-refractivity contribution in [3.05, 3.63) is 0 Å². The van der Waals surface area contributed by atoms with Crippen molar-refractivity contribution < 1.29 is 14.3 Å². The number of nitrogens with zero attached hydrogens (tertiary/aromatic N) is 1. The number of nitrogens with one attached hydrogen (secondary N) is 2. The summed E-state index contributed by atoms with van der Waals surface area (Å²) in [6, 6.07) is -0.00665. The van der Waals surface area contributed by atoms with E-state index in [0.29, 0.717) is 32.6 Å². The number of ether oxygens (including phenoxy) is 1. The van der Waals surface area contributed by atoms with Crippen LogP contribution in [0.3, 0.4) is 0 Å². The van der Waals surface area contributed by atoms with Crippen molar-refractivity contribution in [3.8, 4) is 0 Å². The van der Waals surface area contributed by atoms with E-state index in [0.717, 1.165) is 0 Å². The van der Waals surface area contributed by atoms with E-state index in [9.17, 15) is 9.59 Å². The minimum Gasteiger partial charge on any atom is -0.444 e. The van der Waals surface area contributed by atoms with Crippen LogP contribution in [0.25, 0.3) is 0 Å². The quantitative estimate of drug-likeness (QED) is 0.793. The molecule has 1 atom stereocenters. The predicted molar refractivity (Wildman–Crippen MR) is 72.9 cm³/mol. The normalized spacial score (nSPS) is 20.0. The van der Waals surface area contributed by atoms with Gasteiger partial charge in [0, 0.05) is 38.6 Å². The lowest BCUT2D eigenvalue weighted by atomic mass is 10.1. The van der Waals surface area contributed by atoms with Crippen LogP contribution in [0.1, 0.15) is 34.1 Å². The molecule has 2 N–H and O–H groups in total. The zero-order chi connectivity index (χ0) is 14.5. The van der Waals surface area contributed by atoms with Crippen molar-refractivity contribution in [1.29, 1.82) is 0 Å². The summed E-state index contributed by atoms with van der Waals surface area (Å²) in [5.74, 6) is 0.00559. The second-order valence-corrected chi connectivity index (χ2v) is 5.74. The van der Waals surface area contributed by atoms with Crippen molar-refractivity contribution in [2.45, 2.75) is 45.8 Å². The molecule has 0 bridgehead atoms. The highest BCUT2D eigenvalue weighted by atomic mass is 16.6. The first-order chi connectivity index (χ1) is 8.81. The predicted octanol–water partition coefficient (Wildman–Crippen LogP) is 0.722. The van der Waals surface area contributed by atoms with Gasteiger partial charge in [0.25, 0.3) is 0 Å². The molecule has 1 aliphatic heterocycles. The number of piperazine rings is 1. The minimum atomic E-state index is -0.489. The van der Waals surface area contributed by atoms with E-state index < -0.39 is 5.60 Å². The van der Waals surface area contributed by atoms with Crippen molar-refractivity contribution in [3.63, 3.8) is 0 Å². The monoisotopic (exact) mass is 271 g/mol. The molecule has 0 aliphatic carbocycles. The Labute approximate surface area is 114 Å². The first kappa shape index (κ1) is 15.8. The molecule has 0 aromatic heterocycles. The van der Waals surface area contributed by atoms with Crippen molar-refractivity contribution in [2.75, 3.05) is 26.2 Å². The van der Waals surface area contributed by atoms with Crippen LogP contribution in [0.2, 0.25) is 0 Å². The second kappa shape index (κ2) is 6.75. The lowest BCUT2D eigenvalue weighted by molar-refractivity contribution is -0.121. The van der Waals surface area contributed by atoms with Gasteiger partial charge in [0.2, 0.25) is 5.91 Å². The summed E-state index contributed by atoms with van der Waals surface area (Å²) in [4.78, 5) is 25.1. The Balaban J connectivity index is 2.45. The van der Waals surface area contributed by atoms with Gasteiger partial charge in [-0.05, 0) is 27.7 Å². The van der Waals surface area contributed by atoms with Crippen LogP contribution in [0.5, 0.6) is 0 Å². The first-order valence-electron chi connectivity index (χ1n) is 6.80. The number of carbonyl (C=O) groups is 2. The summed E-state index contributed by atoms with van der Waals surface area (Å²) < 4.78 is 5.34. The molecule has 1 saturated heterocycles. The highest BCUT2D eigenvalue weighted by molar-refractivity contribution is 5.76. The molecule has 1 aliphatic rings. The molecular formula is C13H25N3O3. The highest BCUT2D eigenvalue weighted by Crippen LogP contribution is 2.12. The van der Waals surface area contributed by atoms with Crippen LogP contribution < -0.4 is 10.6 Å². The molecule has 6 heteroatoms. The maximum atomic E-state index is 11.9. The van der Waals surface area contributed by atoms with Crippen molar-refractivity contribution in [1.82, 2.24) is 15.5 Å². The number of hydrogen-bond acceptors (Lipinski definition) is 4. The van der Waals surface area contributed by atoms with Gasteiger partial charge in [0.05, 0.1) is 0 Å². The van der Waals surface area contributed by atoms with Crippen LogP contribution in [0.4, 0.5) is 4.79 Å². The fourth-order valence-corrected chi connectivity index (χ4v) is 1.95. The van der Waals surface area contributed by atoms with E-state index in [1.165, 1.54) is 0 Å². The standard InChI is InChI=1S/C13H25N3O3/c1-5-14-11(17)8-10-9-16(7-6-15-10)12(18)19-13(2,3)4/h10,15H,5-9H2,1-4H3,(H,14,17). The molecule has 1 rings (SSSR count). The van der Waals surface area contributed by atoms with Gasteiger partial charge >= 0.3 is 6.09 Å². The van der Waals surface area contributed by atoms with E-state index in [2.05, 4.69) is 10.6 Å². The van der Waals surface area contributed by atoms with Crippen LogP contribution in [-0.4, -0.2) is 54.7 Å². The largest absolute Gasteiger partial charge is 0.444 e. The van der Waals surface area contributed by atoms with E-state index in [1.807, 2.05) is 27.7 Å². The minimum absolute atomic E-state index is 0.00559. The molecule has 1 unspecified atom stereocenters. The molecule has 110 valence electrons. The maximum Gasteiger partial charge on any atom is 0.410 e. The molecule has 19 heavy (non-hydrogen) atoms. The van der Waals surface area contributed by atoms with Crippen LogP contribution >= 0.6 is 0 Å². The summed E-state index contributed by atoms with van der Waals surface area (Å²) in [7, 11) is 0. The average molecular weight is 271 g/mol. The molecule has 0 aromatic rings. The molecule has 1 fully saturated rings. The highest BCUT2D eigenvalue weighted by Gasteiger charge is 2.28. The Morgan fingerprint density at radius 3 is 2.68 bits per heavy atom. The Morgan fingerprint density at radius 1 is 1.42 bits per heavy atom. The Bertz CT molecular complexity index is 326. The SMILES string of the molecule is CCNC(=O)CC1CN(C(=O)OC(C)(C)C)CCN1. The van der Waals surface area contributed by atoms with Gasteiger partial charge in [-0.1, -0.05) is 0 Å².